The van der Waals surface area contributed by atoms with Gasteiger partial charge < -0.3 is 0 Å². The minimum Gasteiger partial charge on any atom is -0.197 e. The molecular formula is C6H4N4. The van der Waals surface area contributed by atoms with Crippen LogP contribution in [-0.2, 0) is 0 Å². The van der Waals surface area contributed by atoms with Crippen LogP contribution in [0.15, 0.2) is 0 Å². The standard InChI is InChI=1S/2C3H2N2/c2*4-2-1-3-5/h2*1H2. The maximum Gasteiger partial charge on any atom is 0.122 e. The molecule has 48 valence electrons. The van der Waals surface area contributed by atoms with Gasteiger partial charge in [-0.1, -0.05) is 0 Å². The first-order valence-corrected chi connectivity index (χ1v) is 2.31. The van der Waals surface area contributed by atoms with Gasteiger partial charge in [-0.2, -0.15) is 21.0 Å². The normalized spacial score (nSPS) is 4.40. The molecule has 0 aliphatic heterocycles. The lowest BCUT2D eigenvalue weighted by molar-refractivity contribution is 1.33. The van der Waals surface area contributed by atoms with Gasteiger partial charge in [-0.05, 0) is 0 Å². The maximum absolute atomic E-state index is 7.59. The molecular weight excluding hydrogens is 128 g/mol. The lowest BCUT2D eigenvalue weighted by Gasteiger charge is -1.45. The van der Waals surface area contributed by atoms with Crippen LogP contribution in [0.5, 0.6) is 0 Å². The van der Waals surface area contributed by atoms with E-state index in [1.165, 1.54) is 0 Å². The van der Waals surface area contributed by atoms with Crippen LogP contribution in [0.2, 0.25) is 0 Å². The summed E-state index contributed by atoms with van der Waals surface area (Å²) in [6.45, 7) is 0. The Balaban J connectivity index is 0. The van der Waals surface area contributed by atoms with E-state index in [-0.39, 0.29) is 12.8 Å². The van der Waals surface area contributed by atoms with Crippen LogP contribution in [0, 0.1) is 45.3 Å². The zero-order valence-electron chi connectivity index (χ0n) is 5.20. The fraction of sp³-hybridized carbons (Fsp3) is 0.333. The van der Waals surface area contributed by atoms with E-state index in [0.717, 1.165) is 0 Å². The molecule has 0 amide bonds. The third-order valence-corrected chi connectivity index (χ3v) is 0.316. The summed E-state index contributed by atoms with van der Waals surface area (Å²) in [6.07, 6.45) is 0. The number of hydrogen-bond acceptors (Lipinski definition) is 4. The van der Waals surface area contributed by atoms with Crippen LogP contribution >= 0.6 is 0 Å². The number of nitriles is 4. The number of hydrogen-bond donors (Lipinski definition) is 0. The fourth-order valence-electron chi connectivity index (χ4n) is 0.0707. The lowest BCUT2D eigenvalue weighted by atomic mass is 10.5. The Kier molecular flexibility index (Phi) is 17.1. The summed E-state index contributed by atoms with van der Waals surface area (Å²) in [6, 6.07) is 6.62. The Morgan fingerprint density at radius 1 is 0.600 bits per heavy atom. The Hall–Kier alpha value is -2.04. The molecule has 4 heteroatoms. The van der Waals surface area contributed by atoms with E-state index in [1.807, 2.05) is 0 Å². The van der Waals surface area contributed by atoms with Crippen molar-refractivity contribution in [1.82, 2.24) is 0 Å². The Morgan fingerprint density at radius 3 is 0.800 bits per heavy atom. The van der Waals surface area contributed by atoms with Gasteiger partial charge in [0, 0.05) is 0 Å². The van der Waals surface area contributed by atoms with E-state index in [0.29, 0.717) is 0 Å². The van der Waals surface area contributed by atoms with Crippen molar-refractivity contribution in [2.24, 2.45) is 0 Å². The van der Waals surface area contributed by atoms with Crippen molar-refractivity contribution in [3.05, 3.63) is 0 Å². The molecule has 0 N–H and O–H groups in total. The average molecular weight is 132 g/mol. The zero-order chi connectivity index (χ0) is 8.24. The Morgan fingerprint density at radius 2 is 0.800 bits per heavy atom. The predicted octanol–water partition coefficient (Wildman–Crippen LogP) is 0.847. The zero-order valence-corrected chi connectivity index (χ0v) is 5.20. The molecule has 0 rings (SSSR count). The molecule has 0 spiro atoms. The molecule has 0 aromatic carbocycles. The molecule has 0 saturated heterocycles. The van der Waals surface area contributed by atoms with Gasteiger partial charge in [-0.25, -0.2) is 0 Å². The van der Waals surface area contributed by atoms with E-state index < -0.39 is 0 Å². The molecule has 0 unspecified atom stereocenters. The first-order valence-electron chi connectivity index (χ1n) is 2.31. The van der Waals surface area contributed by atoms with Crippen LogP contribution in [0.3, 0.4) is 0 Å². The van der Waals surface area contributed by atoms with E-state index >= 15 is 0 Å². The first-order chi connectivity index (χ1) is 4.83. The molecule has 10 heavy (non-hydrogen) atoms. The highest BCUT2D eigenvalue weighted by molar-refractivity contribution is 4.85. The summed E-state index contributed by atoms with van der Waals surface area (Å²) in [5.74, 6) is 0. The van der Waals surface area contributed by atoms with E-state index in [4.69, 9.17) is 21.0 Å². The van der Waals surface area contributed by atoms with Crippen LogP contribution < -0.4 is 0 Å². The molecule has 0 aliphatic rings. The molecule has 0 heterocycles. The van der Waals surface area contributed by atoms with Gasteiger partial charge in [0.2, 0.25) is 0 Å². The van der Waals surface area contributed by atoms with Crippen LogP contribution in [0.1, 0.15) is 12.8 Å². The van der Waals surface area contributed by atoms with Crippen molar-refractivity contribution < 1.29 is 0 Å². The summed E-state index contributed by atoms with van der Waals surface area (Å²) in [5, 5.41) is 30.4. The minimum absolute atomic E-state index is 0. The van der Waals surface area contributed by atoms with Crippen molar-refractivity contribution in [3.8, 4) is 24.3 Å². The van der Waals surface area contributed by atoms with Gasteiger partial charge in [0.15, 0.2) is 0 Å². The Bertz CT molecular complexity index is 166. The van der Waals surface area contributed by atoms with Gasteiger partial charge >= 0.3 is 0 Å². The highest BCUT2D eigenvalue weighted by Gasteiger charge is 1.61. The summed E-state index contributed by atoms with van der Waals surface area (Å²) in [7, 11) is 0. The third kappa shape index (κ3) is 38.2. The summed E-state index contributed by atoms with van der Waals surface area (Å²) < 4.78 is 0. The highest BCUT2D eigenvalue weighted by atomic mass is 14.3. The van der Waals surface area contributed by atoms with Gasteiger partial charge in [0.05, 0.1) is 24.3 Å². The smallest absolute Gasteiger partial charge is 0.122 e. The molecule has 0 radical (unpaired) electrons. The molecule has 0 saturated carbocycles. The van der Waals surface area contributed by atoms with E-state index in [2.05, 4.69) is 0 Å². The largest absolute Gasteiger partial charge is 0.197 e. The average Bonchev–Trinajstić information content (AvgIpc) is 1.93. The second-order valence-electron chi connectivity index (χ2n) is 0.986. The van der Waals surface area contributed by atoms with Gasteiger partial charge in [0.25, 0.3) is 0 Å². The molecule has 0 aromatic heterocycles. The van der Waals surface area contributed by atoms with Crippen LogP contribution in [0.4, 0.5) is 0 Å². The second-order valence-corrected chi connectivity index (χ2v) is 0.986. The minimum atomic E-state index is 0. The topological polar surface area (TPSA) is 95.2 Å². The maximum atomic E-state index is 7.59. The molecule has 4 nitrogen and oxygen atoms in total. The van der Waals surface area contributed by atoms with Gasteiger partial charge in [-0.15, -0.1) is 0 Å². The predicted molar refractivity (Wildman–Crippen MR) is 31.7 cm³/mol. The molecule has 0 bridgehead atoms. The molecule has 0 atom stereocenters. The van der Waals surface area contributed by atoms with Crippen molar-refractivity contribution in [2.45, 2.75) is 12.8 Å². The quantitative estimate of drug-likeness (QED) is 0.488. The number of rotatable bonds is 0. The molecule has 0 aliphatic carbocycles. The first kappa shape index (κ1) is 10.9. The van der Waals surface area contributed by atoms with Crippen molar-refractivity contribution in [1.29, 1.82) is 21.0 Å². The van der Waals surface area contributed by atoms with Crippen LogP contribution in [-0.4, -0.2) is 0 Å². The Labute approximate surface area is 59.1 Å². The summed E-state index contributed by atoms with van der Waals surface area (Å²) in [5.41, 5.74) is 0. The summed E-state index contributed by atoms with van der Waals surface area (Å²) in [4.78, 5) is 0. The third-order valence-electron chi connectivity index (χ3n) is 0.316. The molecule has 0 aromatic rings. The van der Waals surface area contributed by atoms with Crippen LogP contribution in [0.25, 0.3) is 0 Å². The lowest BCUT2D eigenvalue weighted by Crippen LogP contribution is -1.47. The monoisotopic (exact) mass is 132 g/mol. The van der Waals surface area contributed by atoms with Crippen molar-refractivity contribution >= 4 is 0 Å². The molecule has 0 fully saturated rings. The van der Waals surface area contributed by atoms with Gasteiger partial charge in [0.1, 0.15) is 12.8 Å². The van der Waals surface area contributed by atoms with Crippen molar-refractivity contribution in [3.63, 3.8) is 0 Å². The second kappa shape index (κ2) is 15.8. The van der Waals surface area contributed by atoms with Crippen molar-refractivity contribution in [2.75, 3.05) is 0 Å². The van der Waals surface area contributed by atoms with E-state index in [1.54, 1.807) is 24.3 Å². The fourth-order valence-corrected chi connectivity index (χ4v) is 0.0707. The SMILES string of the molecule is N#CCC#N.N#CCC#N. The summed E-state index contributed by atoms with van der Waals surface area (Å²) >= 11 is 0. The van der Waals surface area contributed by atoms with E-state index in [9.17, 15) is 0 Å². The highest BCUT2D eigenvalue weighted by Crippen LogP contribution is 1.60. The number of nitrogens with zero attached hydrogens (tertiary/aromatic N) is 4. The van der Waals surface area contributed by atoms with Gasteiger partial charge in [-0.3, -0.25) is 0 Å².